The van der Waals surface area contributed by atoms with Gasteiger partial charge in [-0.1, -0.05) is 7.43 Å². The largest absolute Gasteiger partial charge is 1.00 e. The average Bonchev–Trinajstić information content (AvgIpc) is 0.918. The van der Waals surface area contributed by atoms with Crippen molar-refractivity contribution in [2.75, 3.05) is 0 Å². The Morgan fingerprint density at radius 3 is 1.60 bits per heavy atom. The molecule has 0 unspecified atom stereocenters. The first-order valence-electron chi connectivity index (χ1n) is 0.402. The molecule has 0 amide bonds. The van der Waals surface area contributed by atoms with E-state index in [9.17, 15) is 0 Å². The Balaban J connectivity index is -0.0000000200. The van der Waals surface area contributed by atoms with E-state index >= 15 is 0 Å². The van der Waals surface area contributed by atoms with Gasteiger partial charge in [-0.25, -0.2) is 0 Å². The van der Waals surface area contributed by atoms with Gasteiger partial charge in [-0.05, 0) is 0 Å². The predicted octanol–water partition coefficient (Wildman–Crippen LogP) is -2.85. The third-order valence-corrected chi connectivity index (χ3v) is 0. The van der Waals surface area contributed by atoms with Gasteiger partial charge in [0.05, 0.1) is 0 Å². The molecule has 0 saturated carbocycles. The Kier molecular flexibility index (Phi) is 69.9. The van der Waals surface area contributed by atoms with Crippen LogP contribution in [0, 0.1) is 0 Å². The first-order chi connectivity index (χ1) is 1.41. The van der Waals surface area contributed by atoms with Crippen LogP contribution in [0.15, 0.2) is 0 Å². The van der Waals surface area contributed by atoms with Crippen LogP contribution in [0.4, 0.5) is 0 Å². The van der Waals surface area contributed by atoms with Gasteiger partial charge >= 0.3 is 29.6 Å². The fraction of sp³-hybridized carbons (Fsp3) is 0.500. The van der Waals surface area contributed by atoms with E-state index < -0.39 is 0 Å². The first kappa shape index (κ1) is 16.9. The summed E-state index contributed by atoms with van der Waals surface area (Å²) < 4.78 is 8.62. The molecule has 0 aliphatic carbocycles. The van der Waals surface area contributed by atoms with Crippen molar-refractivity contribution in [1.82, 2.24) is 0 Å². The van der Waals surface area contributed by atoms with Gasteiger partial charge in [0.25, 0.3) is 0 Å². The molecule has 0 heterocycles. The normalized spacial score (nSPS) is 2.40. The van der Waals surface area contributed by atoms with Gasteiger partial charge in [0.1, 0.15) is 0 Å². The Labute approximate surface area is 58.1 Å². The molecular weight excluding hydrogens is 95.1 g/mol. The summed E-state index contributed by atoms with van der Waals surface area (Å²) in [6.07, 6.45) is 0. The van der Waals surface area contributed by atoms with Gasteiger partial charge < -0.3 is 5.87 Å². The number of hydrogen-bond acceptors (Lipinski definition) is 1. The number of rotatable bonds is 0. The van der Waals surface area contributed by atoms with Crippen molar-refractivity contribution in [3.8, 4) is 0 Å². The van der Waals surface area contributed by atoms with Crippen molar-refractivity contribution in [1.29, 1.82) is 0 Å². The van der Waals surface area contributed by atoms with E-state index in [1.165, 1.54) is 0 Å². The topological polar surface area (TPSA) is 17.1 Å². The van der Waals surface area contributed by atoms with Gasteiger partial charge in [-0.2, -0.15) is 0 Å². The van der Waals surface area contributed by atoms with E-state index in [-0.39, 0.29) is 48.2 Å². The molecule has 0 aliphatic heterocycles. The maximum atomic E-state index is 8.62. The predicted molar refractivity (Wildman–Crippen MR) is 20.9 cm³/mol. The summed E-state index contributed by atoms with van der Waals surface area (Å²) in [7, 11) is 0. The van der Waals surface area contributed by atoms with E-state index in [1.807, 2.05) is 0 Å². The van der Waals surface area contributed by atoms with Gasteiger partial charge in [0.2, 0.25) is 0 Å². The molecule has 26 valence electrons. The van der Waals surface area contributed by atoms with Gasteiger partial charge in [-0.3, -0.25) is 4.21 Å². The first-order valence-corrected chi connectivity index (χ1v) is 1.21. The molecule has 0 N–H and O–H groups in total. The van der Waals surface area contributed by atoms with Crippen LogP contribution in [0.5, 0.6) is 0 Å². The van der Waals surface area contributed by atoms with Crippen LogP contribution in [0.25, 0.3) is 0 Å². The third kappa shape index (κ3) is 51.6. The van der Waals surface area contributed by atoms with E-state index in [0.717, 1.165) is 0 Å². The molecule has 0 fully saturated rings. The molecule has 0 saturated heterocycles. The second-order valence-electron chi connectivity index (χ2n) is 0.0962. The van der Waals surface area contributed by atoms with E-state index in [0.29, 0.717) is 0 Å². The summed E-state index contributed by atoms with van der Waals surface area (Å²) >= 11 is -0.000000000000000222. The molecule has 5 heavy (non-hydrogen) atoms. The van der Waals surface area contributed by atoms with Gasteiger partial charge in [0.15, 0.2) is 0 Å². The summed E-state index contributed by atoms with van der Waals surface area (Å²) in [5, 5.41) is 0. The Morgan fingerprint density at radius 2 is 1.60 bits per heavy atom. The SMILES string of the molecule is C.[CH-]=S=O.[Na+]. The molecule has 3 heteroatoms. The molecular formula is C2H5NaOS. The maximum Gasteiger partial charge on any atom is 1.00 e. The van der Waals surface area contributed by atoms with E-state index in [1.54, 1.807) is 0 Å². The second-order valence-corrected chi connectivity index (χ2v) is 0.289. The van der Waals surface area contributed by atoms with Crippen LogP contribution >= 0.6 is 0 Å². The molecule has 0 spiro atoms. The van der Waals surface area contributed by atoms with Crippen molar-refractivity contribution >= 4 is 17.1 Å². The molecule has 0 atom stereocenters. The van der Waals surface area contributed by atoms with Crippen LogP contribution in [0.3, 0.4) is 0 Å². The molecule has 1 nitrogen and oxygen atoms in total. The maximum absolute atomic E-state index is 8.62. The third-order valence-electron chi connectivity index (χ3n) is 0. The zero-order valence-corrected chi connectivity index (χ0v) is 5.21. The molecule has 0 aromatic rings. The summed E-state index contributed by atoms with van der Waals surface area (Å²) in [5.74, 6) is 4.21. The quantitative estimate of drug-likeness (QED) is 0.182. The minimum atomic E-state index is -0.000000000000000222. The Bertz CT molecular complexity index is 30.6. The van der Waals surface area contributed by atoms with Gasteiger partial charge in [-0.15, -0.1) is 11.3 Å². The van der Waals surface area contributed by atoms with Crippen molar-refractivity contribution < 1.29 is 33.8 Å². The zero-order valence-electron chi connectivity index (χ0n) is 2.39. The molecule has 0 aromatic heterocycles. The van der Waals surface area contributed by atoms with Crippen LogP contribution in [-0.2, 0) is 11.3 Å². The van der Waals surface area contributed by atoms with Crippen molar-refractivity contribution in [3.05, 3.63) is 0 Å². The van der Waals surface area contributed by atoms with Crippen LogP contribution in [-0.4, -0.2) is 10.1 Å². The summed E-state index contributed by atoms with van der Waals surface area (Å²) in [6, 6.07) is 0. The second kappa shape index (κ2) is 20.7. The van der Waals surface area contributed by atoms with Gasteiger partial charge in [0, 0.05) is 0 Å². The fourth-order valence-corrected chi connectivity index (χ4v) is 0. The monoisotopic (exact) mass is 100.0 g/mol. The average molecular weight is 100 g/mol. The van der Waals surface area contributed by atoms with Crippen LogP contribution in [0.1, 0.15) is 7.43 Å². The number of hydrogen-bond donors (Lipinski definition) is 0. The van der Waals surface area contributed by atoms with Crippen molar-refractivity contribution in [2.45, 2.75) is 7.43 Å². The summed E-state index contributed by atoms with van der Waals surface area (Å²) in [6.45, 7) is 0. The minimum absolute atomic E-state index is 0. The molecule has 0 rings (SSSR count). The van der Waals surface area contributed by atoms with Crippen molar-refractivity contribution in [3.63, 3.8) is 0 Å². The standard InChI is InChI=1S/CHOS.CH4.Na/c1-3-2;;/h1H;1H4;/q-1;;+1. The minimum Gasteiger partial charge on any atom is -0.408 e. The Morgan fingerprint density at radius 1 is 1.60 bits per heavy atom. The smallest absolute Gasteiger partial charge is 0.408 e. The summed E-state index contributed by atoms with van der Waals surface area (Å²) in [4.78, 5) is 0. The molecule has 0 radical (unpaired) electrons. The van der Waals surface area contributed by atoms with E-state index in [2.05, 4.69) is 5.87 Å². The molecule has 0 bridgehead atoms. The van der Waals surface area contributed by atoms with Crippen LogP contribution < -0.4 is 29.6 Å². The van der Waals surface area contributed by atoms with Crippen LogP contribution in [0.2, 0.25) is 0 Å². The molecule has 0 aliphatic rings. The van der Waals surface area contributed by atoms with Crippen molar-refractivity contribution in [2.24, 2.45) is 0 Å². The molecule has 0 aromatic carbocycles. The fourth-order valence-electron chi connectivity index (χ4n) is 0. The Hall–Kier alpha value is 0.890. The zero-order chi connectivity index (χ0) is 2.71. The van der Waals surface area contributed by atoms with E-state index in [4.69, 9.17) is 4.21 Å². The summed E-state index contributed by atoms with van der Waals surface area (Å²) in [5.41, 5.74) is 0.